The van der Waals surface area contributed by atoms with Gasteiger partial charge in [0.25, 0.3) is 0 Å². The van der Waals surface area contributed by atoms with Crippen LogP contribution >= 0.6 is 0 Å². The monoisotopic (exact) mass is 334 g/mol. The van der Waals surface area contributed by atoms with Gasteiger partial charge >= 0.3 is 0 Å². The summed E-state index contributed by atoms with van der Waals surface area (Å²) in [7, 11) is 0. The molecule has 6 heteroatoms. The molecule has 132 valence electrons. The van der Waals surface area contributed by atoms with Crippen LogP contribution in [0.3, 0.4) is 0 Å². The van der Waals surface area contributed by atoms with Crippen molar-refractivity contribution < 1.29 is 9.33 Å². The summed E-state index contributed by atoms with van der Waals surface area (Å²) >= 11 is 0. The van der Waals surface area contributed by atoms with E-state index < -0.39 is 0 Å². The molecule has 1 saturated heterocycles. The van der Waals surface area contributed by atoms with Crippen molar-refractivity contribution in [1.29, 1.82) is 0 Å². The van der Waals surface area contributed by atoms with Gasteiger partial charge in [-0.25, -0.2) is 9.33 Å². The Bertz CT molecular complexity index is 559. The molecular weight excluding hydrogens is 307 g/mol. The quantitative estimate of drug-likeness (QED) is 0.376. The van der Waals surface area contributed by atoms with Gasteiger partial charge in [-0.2, -0.15) is 11.0 Å². The van der Waals surface area contributed by atoms with Gasteiger partial charge in [0.15, 0.2) is 0 Å². The molecule has 0 aromatic rings. The third-order valence-corrected chi connectivity index (χ3v) is 4.27. The van der Waals surface area contributed by atoms with Crippen molar-refractivity contribution in [3.8, 4) is 11.8 Å². The molecule has 0 saturated carbocycles. The first-order chi connectivity index (χ1) is 11.6. The van der Waals surface area contributed by atoms with Crippen molar-refractivity contribution in [1.82, 2.24) is 15.9 Å². The van der Waals surface area contributed by atoms with E-state index in [1.807, 2.05) is 0 Å². The number of hydrogen-bond acceptors (Lipinski definition) is 5. The average molecular weight is 334 g/mol. The summed E-state index contributed by atoms with van der Waals surface area (Å²) in [5.74, 6) is 5.06. The lowest BCUT2D eigenvalue weighted by molar-refractivity contribution is -0.0666. The normalized spacial score (nSPS) is 25.2. The number of hydrogen-bond donors (Lipinski definition) is 3. The lowest BCUT2D eigenvalue weighted by atomic mass is 10.0. The van der Waals surface area contributed by atoms with E-state index in [2.05, 4.69) is 41.5 Å². The minimum atomic E-state index is -0.348. The highest BCUT2D eigenvalue weighted by atomic mass is 19.1. The van der Waals surface area contributed by atoms with Crippen LogP contribution in [0.4, 0.5) is 4.39 Å². The molecule has 0 aromatic heterocycles. The summed E-state index contributed by atoms with van der Waals surface area (Å²) in [6, 6.07) is 0.846. The first-order valence-corrected chi connectivity index (χ1v) is 8.44. The van der Waals surface area contributed by atoms with Crippen molar-refractivity contribution in [3.05, 3.63) is 35.8 Å². The molecule has 2 unspecified atom stereocenters. The Morgan fingerprint density at radius 2 is 2.42 bits per heavy atom. The van der Waals surface area contributed by atoms with Gasteiger partial charge in [0.2, 0.25) is 0 Å². The van der Waals surface area contributed by atoms with Crippen LogP contribution in [0, 0.1) is 17.8 Å². The van der Waals surface area contributed by atoms with E-state index in [1.165, 1.54) is 18.4 Å². The van der Waals surface area contributed by atoms with Crippen molar-refractivity contribution in [2.24, 2.45) is 11.7 Å². The van der Waals surface area contributed by atoms with E-state index in [4.69, 9.17) is 10.7 Å². The molecule has 2 aliphatic rings. The summed E-state index contributed by atoms with van der Waals surface area (Å²) in [4.78, 5) is 7.83. The number of allylic oxidation sites excluding steroid dienone is 4. The fourth-order valence-corrected chi connectivity index (χ4v) is 2.79. The molecule has 1 heterocycles. The van der Waals surface area contributed by atoms with E-state index in [9.17, 15) is 4.39 Å². The zero-order chi connectivity index (χ0) is 17.4. The third kappa shape index (κ3) is 5.77. The molecular formula is C18H27FN4O. The molecule has 24 heavy (non-hydrogen) atoms. The number of likely N-dealkylation sites (tertiary alicyclic amines) is 1. The number of rotatable bonds is 7. The minimum absolute atomic E-state index is 0.221. The molecule has 5 nitrogen and oxygen atoms in total. The number of nitrogens with one attached hydrogen (secondary N) is 2. The molecule has 4 N–H and O–H groups in total. The van der Waals surface area contributed by atoms with Crippen molar-refractivity contribution in [2.45, 2.75) is 38.8 Å². The zero-order valence-corrected chi connectivity index (χ0v) is 14.4. The second-order valence-electron chi connectivity index (χ2n) is 6.37. The Hall–Kier alpha value is -1.65. The summed E-state index contributed by atoms with van der Waals surface area (Å²) in [6.45, 7) is 6.94. The first-order valence-electron chi connectivity index (χ1n) is 8.44. The highest BCUT2D eigenvalue weighted by Crippen LogP contribution is 2.15. The Morgan fingerprint density at radius 3 is 3.17 bits per heavy atom. The van der Waals surface area contributed by atoms with Crippen LogP contribution in [0.5, 0.6) is 0 Å². The summed E-state index contributed by atoms with van der Waals surface area (Å²) in [6.07, 6.45) is 8.08. The number of halogens is 1. The van der Waals surface area contributed by atoms with Crippen LogP contribution in [0.1, 0.15) is 26.7 Å². The molecule has 0 bridgehead atoms. The molecule has 1 fully saturated rings. The molecule has 0 amide bonds. The van der Waals surface area contributed by atoms with Gasteiger partial charge < -0.3 is 5.73 Å². The molecule has 1 aliphatic carbocycles. The number of nitrogens with two attached hydrogens (primary N) is 1. The second kappa shape index (κ2) is 9.60. The lowest BCUT2D eigenvalue weighted by Gasteiger charge is -2.35. The van der Waals surface area contributed by atoms with Gasteiger partial charge in [-0.15, -0.1) is 0 Å². The van der Waals surface area contributed by atoms with E-state index in [0.717, 1.165) is 31.5 Å². The smallest absolute Gasteiger partial charge is 0.131 e. The highest BCUT2D eigenvalue weighted by molar-refractivity contribution is 5.36. The van der Waals surface area contributed by atoms with Gasteiger partial charge in [0.05, 0.1) is 5.92 Å². The van der Waals surface area contributed by atoms with Gasteiger partial charge in [0.1, 0.15) is 5.83 Å². The van der Waals surface area contributed by atoms with Crippen LogP contribution in [0.15, 0.2) is 35.8 Å². The van der Waals surface area contributed by atoms with Gasteiger partial charge in [-0.05, 0) is 51.1 Å². The van der Waals surface area contributed by atoms with Crippen LogP contribution in [-0.4, -0.2) is 36.6 Å². The van der Waals surface area contributed by atoms with E-state index in [-0.39, 0.29) is 11.7 Å². The maximum absolute atomic E-state index is 13.2. The van der Waals surface area contributed by atoms with E-state index in [0.29, 0.717) is 18.6 Å². The molecule has 0 aromatic carbocycles. The van der Waals surface area contributed by atoms with Gasteiger partial charge in [-0.1, -0.05) is 17.9 Å². The predicted molar refractivity (Wildman–Crippen MR) is 93.8 cm³/mol. The molecule has 0 radical (unpaired) electrons. The van der Waals surface area contributed by atoms with Crippen molar-refractivity contribution >= 4 is 0 Å². The van der Waals surface area contributed by atoms with Gasteiger partial charge in [-0.3, -0.25) is 4.90 Å². The first kappa shape index (κ1) is 18.7. The van der Waals surface area contributed by atoms with Crippen LogP contribution < -0.4 is 16.7 Å². The Morgan fingerprint density at radius 1 is 1.58 bits per heavy atom. The summed E-state index contributed by atoms with van der Waals surface area (Å²) in [5.41, 5.74) is 12.4. The summed E-state index contributed by atoms with van der Waals surface area (Å²) in [5, 5.41) is 0. The van der Waals surface area contributed by atoms with Gasteiger partial charge in [0, 0.05) is 31.2 Å². The molecule has 2 atom stereocenters. The average Bonchev–Trinajstić information content (AvgIpc) is 2.80. The second-order valence-corrected chi connectivity index (χ2v) is 6.37. The summed E-state index contributed by atoms with van der Waals surface area (Å²) < 4.78 is 13.2. The number of nitrogens with zero attached hydrogens (tertiary/aromatic N) is 1. The predicted octanol–water partition coefficient (Wildman–Crippen LogP) is 1.77. The Balaban J connectivity index is 1.73. The standard InChI is InChI=1S/C18H27FN4O/c1-14(2)23-10-4-7-18(13-23)22-24-21-12-16(11-20)15-5-3-6-17(19)9-8-15/h6,8-9,11,14-15,18,21-22H,4,7,10,12-13,20H2,1-2H3/b16-11+. The SMILES string of the molecule is CC(C)N1CCCC(NONC/C(=C\N)C2C#CC=C(F)C=C2)C1. The molecule has 2 rings (SSSR count). The topological polar surface area (TPSA) is 62.5 Å². The number of piperidine rings is 1. The zero-order valence-electron chi connectivity index (χ0n) is 14.4. The maximum Gasteiger partial charge on any atom is 0.131 e. The van der Waals surface area contributed by atoms with E-state index >= 15 is 0 Å². The van der Waals surface area contributed by atoms with Crippen LogP contribution in [0.25, 0.3) is 0 Å². The fourth-order valence-electron chi connectivity index (χ4n) is 2.79. The minimum Gasteiger partial charge on any atom is -0.405 e. The lowest BCUT2D eigenvalue weighted by Crippen LogP contribution is -2.49. The largest absolute Gasteiger partial charge is 0.405 e. The van der Waals surface area contributed by atoms with Crippen molar-refractivity contribution in [3.63, 3.8) is 0 Å². The Labute approximate surface area is 143 Å². The molecule has 0 spiro atoms. The third-order valence-electron chi connectivity index (χ3n) is 4.27. The Kier molecular flexibility index (Phi) is 7.47. The van der Waals surface area contributed by atoms with Crippen LogP contribution in [-0.2, 0) is 4.94 Å². The molecule has 1 aliphatic heterocycles. The number of hydroxylamine groups is 2. The van der Waals surface area contributed by atoms with Crippen LogP contribution in [0.2, 0.25) is 0 Å². The highest BCUT2D eigenvalue weighted by Gasteiger charge is 2.21. The van der Waals surface area contributed by atoms with Crippen molar-refractivity contribution in [2.75, 3.05) is 19.6 Å². The maximum atomic E-state index is 13.2. The fraction of sp³-hybridized carbons (Fsp3) is 0.556. The van der Waals surface area contributed by atoms with E-state index in [1.54, 1.807) is 6.08 Å².